The van der Waals surface area contributed by atoms with Gasteiger partial charge >= 0.3 is 0 Å². The molecule has 0 radical (unpaired) electrons. The predicted molar refractivity (Wildman–Crippen MR) is 115 cm³/mol. The lowest BCUT2D eigenvalue weighted by molar-refractivity contribution is -0.147. The molecule has 2 aromatic rings. The van der Waals surface area contributed by atoms with Crippen LogP contribution in [-0.2, 0) is 20.8 Å². The van der Waals surface area contributed by atoms with E-state index >= 15 is 0 Å². The van der Waals surface area contributed by atoms with Gasteiger partial charge in [0.15, 0.2) is 11.4 Å². The maximum Gasteiger partial charge on any atom is 0.255 e. The number of aliphatic hydroxyl groups excluding tert-OH is 2. The van der Waals surface area contributed by atoms with Crippen LogP contribution in [0.1, 0.15) is 24.0 Å². The fraction of sp³-hybridized carbons (Fsp3) is 0.261. The Labute approximate surface area is 185 Å². The topological polar surface area (TPSA) is 158 Å². The summed E-state index contributed by atoms with van der Waals surface area (Å²) in [5.41, 5.74) is 4.17. The highest BCUT2D eigenvalue weighted by molar-refractivity contribution is 7.08. The van der Waals surface area contributed by atoms with Crippen molar-refractivity contribution in [3.8, 4) is 16.9 Å². The van der Waals surface area contributed by atoms with Gasteiger partial charge in [-0.1, -0.05) is 6.07 Å². The lowest BCUT2D eigenvalue weighted by atomic mass is 9.59. The van der Waals surface area contributed by atoms with Crippen molar-refractivity contribution in [3.63, 3.8) is 0 Å². The van der Waals surface area contributed by atoms with E-state index < -0.39 is 52.0 Å². The highest BCUT2D eigenvalue weighted by Gasteiger charge is 2.60. The Bertz CT molecular complexity index is 1270. The normalized spacial score (nSPS) is 27.2. The van der Waals surface area contributed by atoms with E-state index in [1.165, 1.54) is 17.4 Å². The van der Waals surface area contributed by atoms with E-state index in [9.17, 15) is 34.8 Å². The number of aliphatic hydroxyl groups is 3. The second-order valence-corrected chi connectivity index (χ2v) is 9.18. The van der Waals surface area contributed by atoms with Crippen LogP contribution in [0.3, 0.4) is 0 Å². The van der Waals surface area contributed by atoms with Crippen LogP contribution >= 0.6 is 11.3 Å². The zero-order valence-corrected chi connectivity index (χ0v) is 17.5. The molecule has 1 amide bonds. The average Bonchev–Trinajstić information content (AvgIpc) is 3.25. The Hall–Kier alpha value is -3.43. The number of rotatable bonds is 2. The molecule has 3 aliphatic carbocycles. The Morgan fingerprint density at radius 3 is 2.53 bits per heavy atom. The minimum atomic E-state index is -2.55. The number of fused-ring (bicyclic) bond motifs is 3. The van der Waals surface area contributed by atoms with Crippen molar-refractivity contribution in [2.24, 2.45) is 17.6 Å². The van der Waals surface area contributed by atoms with Crippen LogP contribution in [0.4, 0.5) is 0 Å². The molecule has 1 aromatic heterocycles. The van der Waals surface area contributed by atoms with Crippen LogP contribution < -0.4 is 5.73 Å². The molecule has 164 valence electrons. The minimum Gasteiger partial charge on any atom is -0.508 e. The van der Waals surface area contributed by atoms with Gasteiger partial charge in [-0.05, 0) is 58.3 Å². The standard InChI is InChI=1S/C23H19NO7S/c24-22(30)18-15(26)7-11-5-10-6-13-12(9-3-4-32-8-9)1-2-14(25)17(13)19(27)16(10)20(28)23(11,31)21(18)29/h1-4,8,10-11,25,27,29,31H,5-7H2,(H2,24,30)/t10-,11+,23+/m1/s1. The number of thiophene rings is 1. The van der Waals surface area contributed by atoms with Crippen molar-refractivity contribution in [2.75, 3.05) is 0 Å². The van der Waals surface area contributed by atoms with Crippen LogP contribution in [0.5, 0.6) is 5.75 Å². The molecule has 0 unspecified atom stereocenters. The zero-order chi connectivity index (χ0) is 22.9. The van der Waals surface area contributed by atoms with Crippen molar-refractivity contribution < 1.29 is 34.8 Å². The van der Waals surface area contributed by atoms with Crippen LogP contribution in [-0.4, -0.2) is 43.5 Å². The number of primary amides is 1. The molecule has 0 spiro atoms. The third-order valence-electron chi connectivity index (χ3n) is 6.78. The molecule has 1 fully saturated rings. The van der Waals surface area contributed by atoms with Gasteiger partial charge in [-0.15, -0.1) is 0 Å². The summed E-state index contributed by atoms with van der Waals surface area (Å²) in [6.45, 7) is 0. The number of benzene rings is 1. The Morgan fingerprint density at radius 2 is 1.88 bits per heavy atom. The molecule has 6 N–H and O–H groups in total. The number of hydrogen-bond donors (Lipinski definition) is 5. The SMILES string of the molecule is NC(=O)C1=C(O)[C@@]2(O)C(=O)C3=C(O)c4c(O)ccc(-c5ccsc5)c4C[C@H]3C[C@H]2CC1=O. The number of carbonyl (C=O) groups excluding carboxylic acids is 3. The van der Waals surface area contributed by atoms with Crippen molar-refractivity contribution in [2.45, 2.75) is 24.9 Å². The Morgan fingerprint density at radius 1 is 1.12 bits per heavy atom. The Kier molecular flexibility index (Phi) is 4.34. The first kappa shape index (κ1) is 20.5. The highest BCUT2D eigenvalue weighted by atomic mass is 32.1. The second-order valence-electron chi connectivity index (χ2n) is 8.40. The summed E-state index contributed by atoms with van der Waals surface area (Å²) >= 11 is 1.50. The van der Waals surface area contributed by atoms with Gasteiger partial charge < -0.3 is 26.2 Å². The molecular formula is C23H19NO7S. The van der Waals surface area contributed by atoms with Gasteiger partial charge in [0.25, 0.3) is 5.91 Å². The van der Waals surface area contributed by atoms with Crippen LogP contribution in [0.25, 0.3) is 16.9 Å². The number of carbonyl (C=O) groups is 3. The molecule has 1 saturated carbocycles. The van der Waals surface area contributed by atoms with E-state index in [2.05, 4.69) is 0 Å². The van der Waals surface area contributed by atoms with Gasteiger partial charge in [0.1, 0.15) is 22.8 Å². The monoisotopic (exact) mass is 453 g/mol. The summed E-state index contributed by atoms with van der Waals surface area (Å²) < 4.78 is 0. The average molecular weight is 453 g/mol. The smallest absolute Gasteiger partial charge is 0.255 e. The van der Waals surface area contributed by atoms with E-state index in [0.717, 1.165) is 11.1 Å². The van der Waals surface area contributed by atoms with E-state index in [4.69, 9.17) is 5.73 Å². The van der Waals surface area contributed by atoms with Crippen molar-refractivity contribution >= 4 is 34.6 Å². The van der Waals surface area contributed by atoms with Gasteiger partial charge in [0.2, 0.25) is 5.78 Å². The third kappa shape index (κ3) is 2.55. The largest absolute Gasteiger partial charge is 0.508 e. The summed E-state index contributed by atoms with van der Waals surface area (Å²) in [6, 6.07) is 5.08. The number of phenols is 1. The molecule has 0 aliphatic heterocycles. The first-order chi connectivity index (χ1) is 15.2. The summed E-state index contributed by atoms with van der Waals surface area (Å²) in [5.74, 6) is -6.26. The fourth-order valence-corrected chi connectivity index (χ4v) is 5.97. The van der Waals surface area contributed by atoms with E-state index in [0.29, 0.717) is 5.56 Å². The molecule has 32 heavy (non-hydrogen) atoms. The molecule has 8 nitrogen and oxygen atoms in total. The van der Waals surface area contributed by atoms with Crippen LogP contribution in [0, 0.1) is 11.8 Å². The van der Waals surface area contributed by atoms with Gasteiger partial charge in [0, 0.05) is 17.9 Å². The van der Waals surface area contributed by atoms with Gasteiger partial charge in [-0.3, -0.25) is 14.4 Å². The van der Waals surface area contributed by atoms with Crippen LogP contribution in [0.15, 0.2) is 45.9 Å². The molecule has 3 atom stereocenters. The number of phenolic OH excluding ortho intramolecular Hbond substituents is 1. The summed E-state index contributed by atoms with van der Waals surface area (Å²) in [6.07, 6.45) is 0.0645. The highest BCUT2D eigenvalue weighted by Crippen LogP contribution is 2.53. The van der Waals surface area contributed by atoms with Crippen molar-refractivity contribution in [1.29, 1.82) is 0 Å². The van der Waals surface area contributed by atoms with Gasteiger partial charge in [-0.2, -0.15) is 11.3 Å². The number of ketones is 2. The third-order valence-corrected chi connectivity index (χ3v) is 7.46. The maximum atomic E-state index is 13.4. The number of Topliss-reactive ketones (excluding diaryl/α,β-unsaturated/α-hetero) is 2. The molecule has 0 bridgehead atoms. The Balaban J connectivity index is 1.72. The summed E-state index contributed by atoms with van der Waals surface area (Å²) in [4.78, 5) is 37.5. The number of amides is 1. The first-order valence-corrected chi connectivity index (χ1v) is 10.9. The van der Waals surface area contributed by atoms with Crippen molar-refractivity contribution in [3.05, 3.63) is 57.0 Å². The molecule has 9 heteroatoms. The second kappa shape index (κ2) is 6.78. The summed E-state index contributed by atoms with van der Waals surface area (Å²) in [7, 11) is 0. The van der Waals surface area contributed by atoms with E-state index in [1.807, 2.05) is 16.8 Å². The van der Waals surface area contributed by atoms with Gasteiger partial charge in [-0.25, -0.2) is 0 Å². The minimum absolute atomic E-state index is 0.0980. The quantitative estimate of drug-likeness (QED) is 0.436. The van der Waals surface area contributed by atoms with E-state index in [-0.39, 0.29) is 36.1 Å². The first-order valence-electron chi connectivity index (χ1n) is 10.0. The van der Waals surface area contributed by atoms with Crippen molar-refractivity contribution in [1.82, 2.24) is 0 Å². The van der Waals surface area contributed by atoms with Crippen LogP contribution in [0.2, 0.25) is 0 Å². The maximum absolute atomic E-state index is 13.4. The molecule has 5 rings (SSSR count). The van der Waals surface area contributed by atoms with Gasteiger partial charge in [0.05, 0.1) is 5.56 Å². The molecule has 1 heterocycles. The lowest BCUT2D eigenvalue weighted by Crippen LogP contribution is -2.58. The lowest BCUT2D eigenvalue weighted by Gasteiger charge is -2.46. The predicted octanol–water partition coefficient (Wildman–Crippen LogP) is 2.15. The summed E-state index contributed by atoms with van der Waals surface area (Å²) in [5, 5.41) is 47.2. The molecule has 1 aromatic carbocycles. The number of hydrogen-bond acceptors (Lipinski definition) is 8. The molecule has 0 saturated heterocycles. The zero-order valence-electron chi connectivity index (χ0n) is 16.7. The fourth-order valence-electron chi connectivity index (χ4n) is 5.31. The number of aromatic hydroxyl groups is 1. The molecule has 3 aliphatic rings. The number of nitrogens with two attached hydrogens (primary N) is 1. The van der Waals surface area contributed by atoms with E-state index in [1.54, 1.807) is 6.07 Å². The molecular weight excluding hydrogens is 434 g/mol.